The minimum Gasteiger partial charge on any atom is -0.493 e. The molecule has 2 aromatic rings. The van der Waals surface area contributed by atoms with E-state index in [4.69, 9.17) is 9.47 Å². The zero-order valence-electron chi connectivity index (χ0n) is 16.9. The molecule has 5 rings (SSSR count). The summed E-state index contributed by atoms with van der Waals surface area (Å²) in [6.45, 7) is 6.42. The molecular weight excluding hydrogens is 494 g/mol. The standard InChI is InChI=1S/C24H26FIN2O2/c25-20-5-3-18(4-6-20)24-19(14-27-9-11-28(26)12-10-27)16-30-23-8-7-21(13-22(23)24)29-15-17-1-2-17/h3-8,13,17H,1-2,9-12,14-16H2. The fourth-order valence-corrected chi connectivity index (χ4v) is 4.53. The molecular formula is C24H26FIN2O2. The monoisotopic (exact) mass is 520 g/mol. The molecule has 30 heavy (non-hydrogen) atoms. The summed E-state index contributed by atoms with van der Waals surface area (Å²) in [5.41, 5.74) is 4.48. The molecule has 2 aromatic carbocycles. The molecule has 0 atom stereocenters. The maximum absolute atomic E-state index is 13.6. The van der Waals surface area contributed by atoms with Crippen molar-refractivity contribution in [1.29, 1.82) is 0 Å². The van der Waals surface area contributed by atoms with Crippen molar-refractivity contribution in [3.05, 3.63) is 65.0 Å². The van der Waals surface area contributed by atoms with Crippen LogP contribution in [0.1, 0.15) is 24.0 Å². The van der Waals surface area contributed by atoms with Crippen molar-refractivity contribution < 1.29 is 13.9 Å². The van der Waals surface area contributed by atoms with Crippen LogP contribution in [0.4, 0.5) is 4.39 Å². The van der Waals surface area contributed by atoms with Crippen molar-refractivity contribution in [2.45, 2.75) is 12.8 Å². The Morgan fingerprint density at radius 2 is 1.80 bits per heavy atom. The molecule has 6 heteroatoms. The highest BCUT2D eigenvalue weighted by Gasteiger charge is 2.26. The number of halogens is 2. The summed E-state index contributed by atoms with van der Waals surface area (Å²) in [6, 6.07) is 12.9. The maximum Gasteiger partial charge on any atom is 0.127 e. The average molecular weight is 520 g/mol. The lowest BCUT2D eigenvalue weighted by atomic mass is 9.90. The normalized spacial score (nSPS) is 20.1. The van der Waals surface area contributed by atoms with Crippen LogP contribution in [0.2, 0.25) is 0 Å². The molecule has 1 saturated heterocycles. The smallest absolute Gasteiger partial charge is 0.127 e. The third-order valence-electron chi connectivity index (χ3n) is 6.02. The number of hydrogen-bond donors (Lipinski definition) is 0. The van der Waals surface area contributed by atoms with Crippen LogP contribution in [0.15, 0.2) is 48.0 Å². The SMILES string of the molecule is Fc1ccc(C2=C(CN3CCN(I)CC3)COc3ccc(OCC4CC4)cc32)cc1. The van der Waals surface area contributed by atoms with E-state index in [1.54, 1.807) is 0 Å². The molecule has 158 valence electrons. The highest BCUT2D eigenvalue weighted by molar-refractivity contribution is 14.1. The van der Waals surface area contributed by atoms with E-state index in [1.165, 1.54) is 30.5 Å². The van der Waals surface area contributed by atoms with Gasteiger partial charge in [-0.2, -0.15) is 0 Å². The Labute approximate surface area is 191 Å². The Kier molecular flexibility index (Phi) is 5.98. The molecule has 0 spiro atoms. The summed E-state index contributed by atoms with van der Waals surface area (Å²) >= 11 is 2.40. The van der Waals surface area contributed by atoms with Gasteiger partial charge in [0.2, 0.25) is 0 Å². The largest absolute Gasteiger partial charge is 0.493 e. The number of benzene rings is 2. The van der Waals surface area contributed by atoms with Crippen molar-refractivity contribution in [3.63, 3.8) is 0 Å². The molecule has 0 bridgehead atoms. The Morgan fingerprint density at radius 3 is 2.53 bits per heavy atom. The summed E-state index contributed by atoms with van der Waals surface area (Å²) in [6.07, 6.45) is 2.53. The van der Waals surface area contributed by atoms with Crippen LogP contribution in [0.25, 0.3) is 5.57 Å². The molecule has 0 N–H and O–H groups in total. The summed E-state index contributed by atoms with van der Waals surface area (Å²) < 4.78 is 28.1. The molecule has 4 nitrogen and oxygen atoms in total. The second kappa shape index (κ2) is 8.85. The van der Waals surface area contributed by atoms with Gasteiger partial charge in [0.15, 0.2) is 0 Å². The predicted octanol–water partition coefficient (Wildman–Crippen LogP) is 4.78. The van der Waals surface area contributed by atoms with Gasteiger partial charge in [-0.1, -0.05) is 12.1 Å². The van der Waals surface area contributed by atoms with Gasteiger partial charge in [0.05, 0.1) is 6.61 Å². The Morgan fingerprint density at radius 1 is 1.03 bits per heavy atom. The topological polar surface area (TPSA) is 24.9 Å². The minimum absolute atomic E-state index is 0.215. The quantitative estimate of drug-likeness (QED) is 0.405. The lowest BCUT2D eigenvalue weighted by molar-refractivity contribution is 0.212. The van der Waals surface area contributed by atoms with Gasteiger partial charge in [0.25, 0.3) is 0 Å². The van der Waals surface area contributed by atoms with Crippen LogP contribution < -0.4 is 9.47 Å². The predicted molar refractivity (Wildman–Crippen MR) is 125 cm³/mol. The zero-order valence-corrected chi connectivity index (χ0v) is 19.1. The first-order valence-corrected chi connectivity index (χ1v) is 11.6. The van der Waals surface area contributed by atoms with Crippen molar-refractivity contribution in [3.8, 4) is 11.5 Å². The lowest BCUT2D eigenvalue weighted by Crippen LogP contribution is -2.43. The Hall–Kier alpha value is -1.64. The van der Waals surface area contributed by atoms with Crippen LogP contribution in [0, 0.1) is 11.7 Å². The highest BCUT2D eigenvalue weighted by atomic mass is 127. The van der Waals surface area contributed by atoms with Crippen molar-refractivity contribution in [1.82, 2.24) is 8.01 Å². The molecule has 0 amide bonds. The molecule has 3 aliphatic rings. The number of hydrogen-bond acceptors (Lipinski definition) is 4. The number of rotatable bonds is 6. The van der Waals surface area contributed by atoms with Crippen molar-refractivity contribution in [2.75, 3.05) is 45.9 Å². The summed E-state index contributed by atoms with van der Waals surface area (Å²) in [5, 5.41) is 0. The maximum atomic E-state index is 13.6. The minimum atomic E-state index is -0.215. The van der Waals surface area contributed by atoms with Crippen LogP contribution in [-0.4, -0.2) is 54.0 Å². The molecule has 2 aliphatic heterocycles. The van der Waals surface area contributed by atoms with Gasteiger partial charge in [-0.25, -0.2) is 7.50 Å². The number of nitrogens with zero attached hydrogens (tertiary/aromatic N) is 2. The van der Waals surface area contributed by atoms with E-state index in [2.05, 4.69) is 36.9 Å². The highest BCUT2D eigenvalue weighted by Crippen LogP contribution is 2.40. The van der Waals surface area contributed by atoms with Gasteiger partial charge in [0.1, 0.15) is 23.9 Å². The summed E-state index contributed by atoms with van der Waals surface area (Å²) in [7, 11) is 0. The molecule has 2 heterocycles. The van der Waals surface area contributed by atoms with Gasteiger partial charge in [-0.3, -0.25) is 4.90 Å². The molecule has 0 radical (unpaired) electrons. The first-order chi connectivity index (χ1) is 14.7. The van der Waals surface area contributed by atoms with E-state index in [9.17, 15) is 4.39 Å². The number of piperazine rings is 1. The molecule has 1 aliphatic carbocycles. The average Bonchev–Trinajstić information content (AvgIpc) is 3.59. The van der Waals surface area contributed by atoms with E-state index in [-0.39, 0.29) is 5.82 Å². The fraction of sp³-hybridized carbons (Fsp3) is 0.417. The molecule has 1 saturated carbocycles. The van der Waals surface area contributed by atoms with E-state index >= 15 is 0 Å². The summed E-state index contributed by atoms with van der Waals surface area (Å²) in [4.78, 5) is 2.48. The fourth-order valence-electron chi connectivity index (χ4n) is 4.10. The molecule has 0 aromatic heterocycles. The second-order valence-electron chi connectivity index (χ2n) is 8.37. The van der Waals surface area contributed by atoms with Gasteiger partial charge in [-0.15, -0.1) is 0 Å². The van der Waals surface area contributed by atoms with E-state index in [1.807, 2.05) is 24.3 Å². The third kappa shape index (κ3) is 4.65. The van der Waals surface area contributed by atoms with Gasteiger partial charge >= 0.3 is 0 Å². The van der Waals surface area contributed by atoms with Crippen LogP contribution >= 0.6 is 22.9 Å². The van der Waals surface area contributed by atoms with Crippen LogP contribution in [0.5, 0.6) is 11.5 Å². The first-order valence-electron chi connectivity index (χ1n) is 10.7. The Balaban J connectivity index is 1.49. The molecule has 2 fully saturated rings. The van der Waals surface area contributed by atoms with Gasteiger partial charge in [0, 0.05) is 61.2 Å². The second-order valence-corrected chi connectivity index (χ2v) is 9.74. The van der Waals surface area contributed by atoms with E-state index in [0.29, 0.717) is 12.5 Å². The number of fused-ring (bicyclic) bond motifs is 1. The van der Waals surface area contributed by atoms with Crippen LogP contribution in [-0.2, 0) is 0 Å². The van der Waals surface area contributed by atoms with E-state index < -0.39 is 0 Å². The van der Waals surface area contributed by atoms with E-state index in [0.717, 1.165) is 67.5 Å². The third-order valence-corrected chi connectivity index (χ3v) is 6.99. The first kappa shape index (κ1) is 20.3. The summed E-state index contributed by atoms with van der Waals surface area (Å²) in [5.74, 6) is 2.24. The number of ether oxygens (including phenoxy) is 2. The van der Waals surface area contributed by atoms with Crippen molar-refractivity contribution in [2.24, 2.45) is 5.92 Å². The Bertz CT molecular complexity index is 935. The zero-order chi connectivity index (χ0) is 20.5. The molecule has 0 unspecified atom stereocenters. The van der Waals surface area contributed by atoms with Crippen molar-refractivity contribution >= 4 is 28.4 Å². The van der Waals surface area contributed by atoms with Gasteiger partial charge in [-0.05, 0) is 65.8 Å². The lowest BCUT2D eigenvalue weighted by Gasteiger charge is -2.34. The van der Waals surface area contributed by atoms with Crippen LogP contribution in [0.3, 0.4) is 0 Å². The van der Waals surface area contributed by atoms with Gasteiger partial charge < -0.3 is 9.47 Å².